The second kappa shape index (κ2) is 8.15. The number of methoxy groups -OCH3 is 1. The van der Waals surface area contributed by atoms with Crippen LogP contribution in [0.2, 0.25) is 0 Å². The molecule has 0 heterocycles. The number of allylic oxidation sites excluding steroid dienone is 1. The van der Waals surface area contributed by atoms with E-state index in [0.717, 1.165) is 37.9 Å². The summed E-state index contributed by atoms with van der Waals surface area (Å²) in [6.45, 7) is 0.449. The number of rotatable bonds is 6. The van der Waals surface area contributed by atoms with Gasteiger partial charge in [-0.25, -0.2) is 0 Å². The topological polar surface area (TPSA) is 35.5 Å². The molecule has 2 rings (SSSR count). The van der Waals surface area contributed by atoms with Crippen LogP contribution in [0, 0.1) is 0 Å². The fourth-order valence-electron chi connectivity index (χ4n) is 1.84. The molecule has 0 aliphatic heterocycles. The van der Waals surface area contributed by atoms with Crippen molar-refractivity contribution in [3.8, 4) is 11.5 Å². The third kappa shape index (κ3) is 4.45. The van der Waals surface area contributed by atoms with Crippen molar-refractivity contribution in [1.29, 1.82) is 0 Å². The lowest BCUT2D eigenvalue weighted by Crippen LogP contribution is -1.97. The first kappa shape index (κ1) is 16.8. The molecule has 0 radical (unpaired) electrons. The molecule has 5 heteroatoms. The van der Waals surface area contributed by atoms with E-state index in [-0.39, 0.29) is 0 Å². The molecule has 22 heavy (non-hydrogen) atoms. The van der Waals surface area contributed by atoms with Crippen LogP contribution in [0.5, 0.6) is 11.5 Å². The number of aldehydes is 1. The van der Waals surface area contributed by atoms with Gasteiger partial charge in [-0.15, -0.1) is 0 Å². The van der Waals surface area contributed by atoms with Gasteiger partial charge in [0, 0.05) is 0 Å². The number of carbonyl (C=O) groups is 1. The molecule has 0 bridgehead atoms. The van der Waals surface area contributed by atoms with E-state index < -0.39 is 0 Å². The van der Waals surface area contributed by atoms with Gasteiger partial charge >= 0.3 is 0 Å². The summed E-state index contributed by atoms with van der Waals surface area (Å²) in [5.41, 5.74) is 1.95. The van der Waals surface area contributed by atoms with Crippen molar-refractivity contribution < 1.29 is 14.3 Å². The van der Waals surface area contributed by atoms with E-state index in [1.165, 1.54) is 6.08 Å². The first-order valence-electron chi connectivity index (χ1n) is 6.50. The highest BCUT2D eigenvalue weighted by molar-refractivity contribution is 9.11. The molecule has 0 saturated carbocycles. The molecule has 3 nitrogen and oxygen atoms in total. The van der Waals surface area contributed by atoms with Crippen LogP contribution < -0.4 is 9.47 Å². The Morgan fingerprint density at radius 3 is 2.27 bits per heavy atom. The second-order valence-corrected chi connectivity index (χ2v) is 6.15. The third-order valence-corrected chi connectivity index (χ3v) is 4.11. The van der Waals surface area contributed by atoms with Gasteiger partial charge in [0.25, 0.3) is 0 Å². The Morgan fingerprint density at radius 1 is 1.09 bits per heavy atom. The average Bonchev–Trinajstić information content (AvgIpc) is 2.52. The maximum absolute atomic E-state index is 10.4. The summed E-state index contributed by atoms with van der Waals surface area (Å²) in [7, 11) is 1.64. The zero-order valence-corrected chi connectivity index (χ0v) is 15.1. The minimum Gasteiger partial charge on any atom is -0.497 e. The first-order valence-corrected chi connectivity index (χ1v) is 8.09. The summed E-state index contributed by atoms with van der Waals surface area (Å²) in [5, 5.41) is 0. The summed E-state index contributed by atoms with van der Waals surface area (Å²) in [6, 6.07) is 11.5. The van der Waals surface area contributed by atoms with Gasteiger partial charge in [-0.3, -0.25) is 4.79 Å². The lowest BCUT2D eigenvalue weighted by Gasteiger charge is -2.11. The van der Waals surface area contributed by atoms with E-state index >= 15 is 0 Å². The summed E-state index contributed by atoms with van der Waals surface area (Å²) in [4.78, 5) is 10.4. The van der Waals surface area contributed by atoms with E-state index in [4.69, 9.17) is 9.47 Å². The van der Waals surface area contributed by atoms with Crippen molar-refractivity contribution in [3.05, 3.63) is 62.5 Å². The van der Waals surface area contributed by atoms with Gasteiger partial charge in [-0.2, -0.15) is 0 Å². The quantitative estimate of drug-likeness (QED) is 0.482. The summed E-state index contributed by atoms with van der Waals surface area (Å²) in [5.74, 6) is 1.54. The van der Waals surface area contributed by atoms with E-state index in [9.17, 15) is 4.79 Å². The zero-order chi connectivity index (χ0) is 15.9. The van der Waals surface area contributed by atoms with Crippen molar-refractivity contribution in [2.75, 3.05) is 7.11 Å². The molecule has 2 aromatic rings. The maximum atomic E-state index is 10.4. The molecule has 0 saturated heterocycles. The number of halogens is 2. The van der Waals surface area contributed by atoms with Gasteiger partial charge in [-0.1, -0.05) is 18.2 Å². The standard InChI is InChI=1S/C17H14Br2O3/c1-21-14-6-4-12(5-7-14)11-22-17-15(18)9-13(3-2-8-20)10-16(17)19/h2-10H,11H2,1H3. The Kier molecular flexibility index (Phi) is 6.21. The van der Waals surface area contributed by atoms with Gasteiger partial charge in [-0.05, 0) is 73.3 Å². The Labute approximate surface area is 146 Å². The Hall–Kier alpha value is -1.59. The molecule has 0 aliphatic rings. The van der Waals surface area contributed by atoms with E-state index in [1.54, 1.807) is 13.2 Å². The largest absolute Gasteiger partial charge is 0.497 e. The molecule has 0 amide bonds. The van der Waals surface area contributed by atoms with Crippen LogP contribution in [0.15, 0.2) is 51.4 Å². The highest BCUT2D eigenvalue weighted by Crippen LogP contribution is 2.35. The van der Waals surface area contributed by atoms with Crippen LogP contribution in [-0.4, -0.2) is 13.4 Å². The second-order valence-electron chi connectivity index (χ2n) is 4.45. The van der Waals surface area contributed by atoms with Crippen LogP contribution in [0.1, 0.15) is 11.1 Å². The van der Waals surface area contributed by atoms with Crippen LogP contribution in [-0.2, 0) is 11.4 Å². The van der Waals surface area contributed by atoms with Crippen molar-refractivity contribution in [3.63, 3.8) is 0 Å². The monoisotopic (exact) mass is 424 g/mol. The molecular formula is C17H14Br2O3. The lowest BCUT2D eigenvalue weighted by atomic mass is 10.2. The number of ether oxygens (including phenoxy) is 2. The number of carbonyl (C=O) groups excluding carboxylic acids is 1. The first-order chi connectivity index (χ1) is 10.6. The fourth-order valence-corrected chi connectivity index (χ4v) is 3.29. The van der Waals surface area contributed by atoms with Crippen LogP contribution in [0.3, 0.4) is 0 Å². The fraction of sp³-hybridized carbons (Fsp3) is 0.118. The zero-order valence-electron chi connectivity index (χ0n) is 11.9. The molecule has 0 atom stereocenters. The van der Waals surface area contributed by atoms with E-state index in [0.29, 0.717) is 6.61 Å². The van der Waals surface area contributed by atoms with E-state index in [2.05, 4.69) is 31.9 Å². The molecule has 0 aromatic heterocycles. The normalized spacial score (nSPS) is 10.7. The van der Waals surface area contributed by atoms with Crippen LogP contribution >= 0.6 is 31.9 Å². The van der Waals surface area contributed by atoms with Gasteiger partial charge < -0.3 is 9.47 Å². The van der Waals surface area contributed by atoms with Gasteiger partial charge in [0.2, 0.25) is 0 Å². The predicted molar refractivity (Wildman–Crippen MR) is 94.3 cm³/mol. The molecule has 114 valence electrons. The van der Waals surface area contributed by atoms with Crippen LogP contribution in [0.25, 0.3) is 6.08 Å². The molecule has 0 aliphatic carbocycles. The number of hydrogen-bond acceptors (Lipinski definition) is 3. The predicted octanol–water partition coefficient (Wildman–Crippen LogP) is 5.01. The number of benzene rings is 2. The van der Waals surface area contributed by atoms with Crippen molar-refractivity contribution in [2.24, 2.45) is 0 Å². The van der Waals surface area contributed by atoms with Gasteiger partial charge in [0.05, 0.1) is 16.1 Å². The highest BCUT2D eigenvalue weighted by atomic mass is 79.9. The minimum atomic E-state index is 0.449. The average molecular weight is 426 g/mol. The Bertz CT molecular complexity index is 656. The highest BCUT2D eigenvalue weighted by Gasteiger charge is 2.08. The van der Waals surface area contributed by atoms with Crippen molar-refractivity contribution >= 4 is 44.2 Å². The molecule has 0 unspecified atom stereocenters. The maximum Gasteiger partial charge on any atom is 0.148 e. The van der Waals surface area contributed by atoms with Gasteiger partial charge in [0.15, 0.2) is 0 Å². The minimum absolute atomic E-state index is 0.449. The summed E-state index contributed by atoms with van der Waals surface area (Å²) < 4.78 is 12.6. The molecule has 0 spiro atoms. The SMILES string of the molecule is COc1ccc(COc2c(Br)cc(C=CC=O)cc2Br)cc1. The summed E-state index contributed by atoms with van der Waals surface area (Å²) >= 11 is 6.98. The van der Waals surface area contributed by atoms with Crippen molar-refractivity contribution in [2.45, 2.75) is 6.61 Å². The third-order valence-electron chi connectivity index (χ3n) is 2.93. The van der Waals surface area contributed by atoms with E-state index in [1.807, 2.05) is 36.4 Å². The Morgan fingerprint density at radius 2 is 1.73 bits per heavy atom. The molecule has 2 aromatic carbocycles. The molecule has 0 fully saturated rings. The van der Waals surface area contributed by atoms with Gasteiger partial charge in [0.1, 0.15) is 24.4 Å². The number of hydrogen-bond donors (Lipinski definition) is 0. The van der Waals surface area contributed by atoms with Crippen LogP contribution in [0.4, 0.5) is 0 Å². The van der Waals surface area contributed by atoms with Crippen molar-refractivity contribution in [1.82, 2.24) is 0 Å². The summed E-state index contributed by atoms with van der Waals surface area (Å²) in [6.07, 6.45) is 3.93. The smallest absolute Gasteiger partial charge is 0.148 e. The Balaban J connectivity index is 2.11. The lowest BCUT2D eigenvalue weighted by molar-refractivity contribution is -0.104. The molecular weight excluding hydrogens is 412 g/mol. The molecule has 0 N–H and O–H groups in total.